The van der Waals surface area contributed by atoms with Crippen LogP contribution in [0.3, 0.4) is 0 Å². The van der Waals surface area contributed by atoms with Crippen LogP contribution in [0, 0.1) is 0 Å². The monoisotopic (exact) mass is 171 g/mol. The van der Waals surface area contributed by atoms with Gasteiger partial charge in [0, 0.05) is 5.54 Å². The van der Waals surface area contributed by atoms with Crippen LogP contribution in [-0.2, 0) is 0 Å². The lowest BCUT2D eigenvalue weighted by atomic mass is 9.96. The minimum Gasteiger partial charge on any atom is -0.298 e. The Hall–Kier alpha value is -0.0400. The number of likely N-dealkylation sites (tertiary alicyclic amines) is 1. The quantitative estimate of drug-likeness (QED) is 0.616. The molecule has 1 atom stereocenters. The highest BCUT2D eigenvalue weighted by Crippen LogP contribution is 2.30. The molecule has 1 saturated heterocycles. The summed E-state index contributed by atoms with van der Waals surface area (Å²) < 4.78 is 0. The molecule has 0 bridgehead atoms. The number of nitrogens with zero attached hydrogens (tertiary/aromatic N) is 1. The molecule has 1 heteroatoms. The van der Waals surface area contributed by atoms with Crippen LogP contribution < -0.4 is 0 Å². The average molecular weight is 171 g/mol. The molecule has 0 saturated carbocycles. The maximum atomic E-state index is 2.60. The lowest BCUT2D eigenvalue weighted by molar-refractivity contribution is 0.159. The Kier molecular flexibility index (Phi) is 5.56. The first-order valence-electron chi connectivity index (χ1n) is 5.48. The predicted octanol–water partition coefficient (Wildman–Crippen LogP) is 3.30. The van der Waals surface area contributed by atoms with Crippen LogP contribution in [0.1, 0.15) is 53.9 Å². The van der Waals surface area contributed by atoms with E-state index >= 15 is 0 Å². The molecule has 74 valence electrons. The third-order valence-electron chi connectivity index (χ3n) is 3.05. The van der Waals surface area contributed by atoms with Crippen LogP contribution in [0.4, 0.5) is 0 Å². The summed E-state index contributed by atoms with van der Waals surface area (Å²) >= 11 is 0. The van der Waals surface area contributed by atoms with Crippen molar-refractivity contribution in [1.82, 2.24) is 4.90 Å². The second kappa shape index (κ2) is 5.58. The fourth-order valence-electron chi connectivity index (χ4n) is 2.02. The summed E-state index contributed by atoms with van der Waals surface area (Å²) in [5.74, 6) is 0. The van der Waals surface area contributed by atoms with Gasteiger partial charge in [-0.1, -0.05) is 27.7 Å². The zero-order chi connectivity index (χ0) is 9.61. The summed E-state index contributed by atoms with van der Waals surface area (Å²) in [5.41, 5.74) is 0.536. The van der Waals surface area contributed by atoms with Crippen LogP contribution in [-0.4, -0.2) is 23.5 Å². The van der Waals surface area contributed by atoms with Crippen LogP contribution in [0.5, 0.6) is 0 Å². The highest BCUT2D eigenvalue weighted by atomic mass is 15.2. The Labute approximate surface area is 78.1 Å². The van der Waals surface area contributed by atoms with Crippen molar-refractivity contribution in [2.45, 2.75) is 59.4 Å². The van der Waals surface area contributed by atoms with Gasteiger partial charge in [0.15, 0.2) is 0 Å². The van der Waals surface area contributed by atoms with Gasteiger partial charge in [0.1, 0.15) is 0 Å². The van der Waals surface area contributed by atoms with E-state index in [1.807, 2.05) is 13.8 Å². The number of hydrogen-bond acceptors (Lipinski definition) is 1. The van der Waals surface area contributed by atoms with Gasteiger partial charge in [-0.05, 0) is 39.3 Å². The van der Waals surface area contributed by atoms with Gasteiger partial charge in [-0.25, -0.2) is 0 Å². The van der Waals surface area contributed by atoms with E-state index in [4.69, 9.17) is 0 Å². The fraction of sp³-hybridized carbons (Fsp3) is 1.00. The van der Waals surface area contributed by atoms with E-state index in [9.17, 15) is 0 Å². The van der Waals surface area contributed by atoms with Crippen molar-refractivity contribution in [2.24, 2.45) is 0 Å². The summed E-state index contributed by atoms with van der Waals surface area (Å²) in [4.78, 5) is 2.60. The number of rotatable bonds is 2. The second-order valence-corrected chi connectivity index (χ2v) is 3.53. The maximum Gasteiger partial charge on any atom is 0.0179 e. The Balaban J connectivity index is 0.000000561. The maximum absolute atomic E-state index is 2.60. The van der Waals surface area contributed by atoms with Crippen LogP contribution in [0.15, 0.2) is 0 Å². The molecule has 0 aromatic rings. The molecular formula is C11H25N. The molecule has 1 fully saturated rings. The molecule has 1 unspecified atom stereocenters. The molecule has 0 aromatic carbocycles. The van der Waals surface area contributed by atoms with Crippen molar-refractivity contribution < 1.29 is 0 Å². The molecule has 1 nitrogen and oxygen atoms in total. The molecule has 1 aliphatic heterocycles. The van der Waals surface area contributed by atoms with Gasteiger partial charge < -0.3 is 0 Å². The summed E-state index contributed by atoms with van der Waals surface area (Å²) in [6, 6.07) is 0. The highest BCUT2D eigenvalue weighted by molar-refractivity contribution is 4.89. The Bertz CT molecular complexity index is 112. The first-order chi connectivity index (χ1) is 5.73. The van der Waals surface area contributed by atoms with Crippen molar-refractivity contribution >= 4 is 0 Å². The third kappa shape index (κ3) is 2.48. The standard InChI is InChI=1S/C9H19N.C2H6/c1-4-9(3)7-6-8-10(9)5-2;1-2/h4-8H2,1-3H3;1-2H3. The minimum atomic E-state index is 0.536. The molecule has 1 rings (SSSR count). The van der Waals surface area contributed by atoms with Crippen molar-refractivity contribution in [2.75, 3.05) is 13.1 Å². The average Bonchev–Trinajstić information content (AvgIpc) is 2.51. The third-order valence-corrected chi connectivity index (χ3v) is 3.05. The van der Waals surface area contributed by atoms with Crippen LogP contribution in [0.2, 0.25) is 0 Å². The normalized spacial score (nSPS) is 29.8. The molecule has 0 aromatic heterocycles. The topological polar surface area (TPSA) is 3.24 Å². The predicted molar refractivity (Wildman–Crippen MR) is 56.5 cm³/mol. The van der Waals surface area contributed by atoms with E-state index in [2.05, 4.69) is 25.7 Å². The van der Waals surface area contributed by atoms with E-state index < -0.39 is 0 Å². The van der Waals surface area contributed by atoms with Gasteiger partial charge in [-0.3, -0.25) is 4.90 Å². The van der Waals surface area contributed by atoms with E-state index in [-0.39, 0.29) is 0 Å². The minimum absolute atomic E-state index is 0.536. The van der Waals surface area contributed by atoms with Gasteiger partial charge >= 0.3 is 0 Å². The van der Waals surface area contributed by atoms with Crippen molar-refractivity contribution in [3.63, 3.8) is 0 Å². The number of hydrogen-bond donors (Lipinski definition) is 0. The van der Waals surface area contributed by atoms with E-state index in [1.54, 1.807) is 0 Å². The van der Waals surface area contributed by atoms with E-state index in [0.29, 0.717) is 5.54 Å². The Morgan fingerprint density at radius 2 is 1.83 bits per heavy atom. The van der Waals surface area contributed by atoms with Crippen LogP contribution in [0.25, 0.3) is 0 Å². The first-order valence-corrected chi connectivity index (χ1v) is 5.48. The van der Waals surface area contributed by atoms with Gasteiger partial charge in [0.25, 0.3) is 0 Å². The molecule has 0 radical (unpaired) electrons. The highest BCUT2D eigenvalue weighted by Gasteiger charge is 2.32. The molecule has 1 aliphatic rings. The molecule has 0 amide bonds. The van der Waals surface area contributed by atoms with Gasteiger partial charge in [-0.2, -0.15) is 0 Å². The molecule has 0 N–H and O–H groups in total. The van der Waals surface area contributed by atoms with Crippen molar-refractivity contribution in [1.29, 1.82) is 0 Å². The zero-order valence-corrected chi connectivity index (χ0v) is 9.48. The Morgan fingerprint density at radius 3 is 2.17 bits per heavy atom. The van der Waals surface area contributed by atoms with E-state index in [0.717, 1.165) is 0 Å². The van der Waals surface area contributed by atoms with Crippen molar-refractivity contribution in [3.05, 3.63) is 0 Å². The largest absolute Gasteiger partial charge is 0.298 e. The molecular weight excluding hydrogens is 146 g/mol. The lowest BCUT2D eigenvalue weighted by Gasteiger charge is -2.33. The lowest BCUT2D eigenvalue weighted by Crippen LogP contribution is -2.40. The SMILES string of the molecule is CC.CCN1CCCC1(C)CC. The van der Waals surface area contributed by atoms with Crippen LogP contribution >= 0.6 is 0 Å². The molecule has 0 spiro atoms. The summed E-state index contributed by atoms with van der Waals surface area (Å²) in [7, 11) is 0. The van der Waals surface area contributed by atoms with E-state index in [1.165, 1.54) is 32.4 Å². The Morgan fingerprint density at radius 1 is 1.25 bits per heavy atom. The molecule has 1 heterocycles. The summed E-state index contributed by atoms with van der Waals surface area (Å²) in [6.45, 7) is 13.5. The zero-order valence-electron chi connectivity index (χ0n) is 9.48. The van der Waals surface area contributed by atoms with Gasteiger partial charge in [-0.15, -0.1) is 0 Å². The smallest absolute Gasteiger partial charge is 0.0179 e. The van der Waals surface area contributed by atoms with Gasteiger partial charge in [0.05, 0.1) is 0 Å². The van der Waals surface area contributed by atoms with Crippen molar-refractivity contribution in [3.8, 4) is 0 Å². The molecule has 12 heavy (non-hydrogen) atoms. The fourth-order valence-corrected chi connectivity index (χ4v) is 2.02. The second-order valence-electron chi connectivity index (χ2n) is 3.53. The summed E-state index contributed by atoms with van der Waals surface area (Å²) in [6.07, 6.45) is 4.11. The molecule has 0 aliphatic carbocycles. The summed E-state index contributed by atoms with van der Waals surface area (Å²) in [5, 5.41) is 0. The van der Waals surface area contributed by atoms with Gasteiger partial charge in [0.2, 0.25) is 0 Å². The first kappa shape index (κ1) is 12.0.